The maximum Gasteiger partial charge on any atom is 0.220 e. The largest absolute Gasteiger partial charge is 0.508 e. The number of carbonyl (C=O) groups excluding carboxylic acids is 1. The SMILES string of the molecule is O=C(CCc1cscn1)N[C@H]1CCc2c(O)cccc21. The second kappa shape index (κ2) is 5.63. The summed E-state index contributed by atoms with van der Waals surface area (Å²) in [6.45, 7) is 0. The fourth-order valence-corrected chi connectivity index (χ4v) is 3.25. The summed E-state index contributed by atoms with van der Waals surface area (Å²) in [5.41, 5.74) is 4.77. The number of phenols is 1. The first-order valence-electron chi connectivity index (χ1n) is 6.71. The van der Waals surface area contributed by atoms with Crippen LogP contribution in [-0.4, -0.2) is 16.0 Å². The van der Waals surface area contributed by atoms with Crippen molar-refractivity contribution in [1.29, 1.82) is 0 Å². The molecule has 0 saturated carbocycles. The molecular weight excluding hydrogens is 272 g/mol. The summed E-state index contributed by atoms with van der Waals surface area (Å²) in [6.07, 6.45) is 2.80. The quantitative estimate of drug-likeness (QED) is 0.909. The van der Waals surface area contributed by atoms with Crippen LogP contribution >= 0.6 is 11.3 Å². The van der Waals surface area contributed by atoms with Crippen molar-refractivity contribution in [3.8, 4) is 5.75 Å². The Morgan fingerprint density at radius 3 is 3.20 bits per heavy atom. The van der Waals surface area contributed by atoms with Gasteiger partial charge in [0, 0.05) is 11.8 Å². The van der Waals surface area contributed by atoms with Crippen LogP contribution < -0.4 is 5.32 Å². The second-order valence-corrected chi connectivity index (χ2v) is 5.70. The third kappa shape index (κ3) is 2.67. The summed E-state index contributed by atoms with van der Waals surface area (Å²) in [5.74, 6) is 0.376. The zero-order valence-corrected chi connectivity index (χ0v) is 11.8. The second-order valence-electron chi connectivity index (χ2n) is 4.98. The third-order valence-electron chi connectivity index (χ3n) is 3.67. The summed E-state index contributed by atoms with van der Waals surface area (Å²) in [6, 6.07) is 5.53. The van der Waals surface area contributed by atoms with Crippen molar-refractivity contribution < 1.29 is 9.90 Å². The molecule has 1 aromatic carbocycles. The summed E-state index contributed by atoms with van der Waals surface area (Å²) < 4.78 is 0. The van der Waals surface area contributed by atoms with E-state index in [4.69, 9.17) is 0 Å². The number of aromatic nitrogens is 1. The van der Waals surface area contributed by atoms with E-state index in [1.807, 2.05) is 17.5 Å². The molecule has 1 amide bonds. The van der Waals surface area contributed by atoms with Gasteiger partial charge >= 0.3 is 0 Å². The first-order valence-corrected chi connectivity index (χ1v) is 7.65. The third-order valence-corrected chi connectivity index (χ3v) is 4.31. The Kier molecular flexibility index (Phi) is 3.69. The first kappa shape index (κ1) is 13.1. The van der Waals surface area contributed by atoms with Crippen molar-refractivity contribution in [2.45, 2.75) is 31.7 Å². The highest BCUT2D eigenvalue weighted by Crippen LogP contribution is 2.36. The molecule has 2 aromatic rings. The zero-order chi connectivity index (χ0) is 13.9. The number of phenolic OH excluding ortho intramolecular Hbond substituents is 1. The summed E-state index contributed by atoms with van der Waals surface area (Å²) in [7, 11) is 0. The normalized spacial score (nSPS) is 16.9. The molecule has 0 spiro atoms. The molecule has 0 aliphatic heterocycles. The summed E-state index contributed by atoms with van der Waals surface area (Å²) in [4.78, 5) is 16.2. The van der Waals surface area contributed by atoms with E-state index in [0.29, 0.717) is 18.6 Å². The van der Waals surface area contributed by atoms with Crippen LogP contribution in [0.25, 0.3) is 0 Å². The number of fused-ring (bicyclic) bond motifs is 1. The Bertz CT molecular complexity index is 610. The van der Waals surface area contributed by atoms with Crippen LogP contribution in [0.5, 0.6) is 5.75 Å². The van der Waals surface area contributed by atoms with Gasteiger partial charge < -0.3 is 10.4 Å². The average molecular weight is 288 g/mol. The van der Waals surface area contributed by atoms with E-state index in [2.05, 4.69) is 10.3 Å². The number of amides is 1. The van der Waals surface area contributed by atoms with Crippen LogP contribution in [0, 0.1) is 0 Å². The minimum Gasteiger partial charge on any atom is -0.508 e. The van der Waals surface area contributed by atoms with E-state index in [0.717, 1.165) is 29.7 Å². The fourth-order valence-electron chi connectivity index (χ4n) is 2.65. The number of aromatic hydroxyl groups is 1. The van der Waals surface area contributed by atoms with Gasteiger partial charge in [0.05, 0.1) is 17.2 Å². The van der Waals surface area contributed by atoms with Crippen LogP contribution in [0.2, 0.25) is 0 Å². The molecule has 1 aliphatic rings. The monoisotopic (exact) mass is 288 g/mol. The van der Waals surface area contributed by atoms with Crippen molar-refractivity contribution in [3.63, 3.8) is 0 Å². The smallest absolute Gasteiger partial charge is 0.220 e. The minimum absolute atomic E-state index is 0.0278. The number of carbonyl (C=O) groups is 1. The predicted octanol–water partition coefficient (Wildman–Crippen LogP) is 2.59. The molecule has 0 fully saturated rings. The number of nitrogens with zero attached hydrogens (tertiary/aromatic N) is 1. The maximum absolute atomic E-state index is 12.0. The lowest BCUT2D eigenvalue weighted by atomic mass is 10.1. The molecule has 1 aliphatic carbocycles. The highest BCUT2D eigenvalue weighted by Gasteiger charge is 2.25. The zero-order valence-electron chi connectivity index (χ0n) is 11.0. The molecule has 1 atom stereocenters. The number of thiazole rings is 1. The number of rotatable bonds is 4. The van der Waals surface area contributed by atoms with Crippen molar-refractivity contribution in [2.24, 2.45) is 0 Å². The first-order chi connectivity index (χ1) is 9.74. The molecule has 1 aromatic heterocycles. The van der Waals surface area contributed by atoms with Crippen molar-refractivity contribution in [2.75, 3.05) is 0 Å². The number of aryl methyl sites for hydroxylation is 1. The molecule has 0 saturated heterocycles. The summed E-state index contributed by atoms with van der Waals surface area (Å²) >= 11 is 1.55. The molecule has 3 rings (SSSR count). The number of hydrogen-bond acceptors (Lipinski definition) is 4. The Morgan fingerprint density at radius 2 is 2.40 bits per heavy atom. The number of benzene rings is 1. The van der Waals surface area contributed by atoms with E-state index < -0.39 is 0 Å². The Labute approximate surface area is 121 Å². The van der Waals surface area contributed by atoms with E-state index in [1.165, 1.54) is 0 Å². The van der Waals surface area contributed by atoms with Crippen molar-refractivity contribution in [1.82, 2.24) is 10.3 Å². The molecule has 1 heterocycles. The van der Waals surface area contributed by atoms with Crippen molar-refractivity contribution in [3.05, 3.63) is 45.9 Å². The predicted molar refractivity (Wildman–Crippen MR) is 77.7 cm³/mol. The van der Waals surface area contributed by atoms with Gasteiger partial charge in [0.2, 0.25) is 5.91 Å². The lowest BCUT2D eigenvalue weighted by Gasteiger charge is -2.14. The number of hydrogen-bond donors (Lipinski definition) is 2. The van der Waals surface area contributed by atoms with Gasteiger partial charge in [-0.15, -0.1) is 11.3 Å². The highest BCUT2D eigenvalue weighted by atomic mass is 32.1. The van der Waals surface area contributed by atoms with Crippen LogP contribution in [0.1, 0.15) is 35.7 Å². The van der Waals surface area contributed by atoms with Gasteiger partial charge in [0.25, 0.3) is 0 Å². The standard InChI is InChI=1S/C15H16N2O2S/c18-14-3-1-2-11-12(14)5-6-13(11)17-15(19)7-4-10-8-20-9-16-10/h1-3,8-9,13,18H,4-7H2,(H,17,19)/t13-/m0/s1. The lowest BCUT2D eigenvalue weighted by molar-refractivity contribution is -0.121. The molecular formula is C15H16N2O2S. The van der Waals surface area contributed by atoms with Crippen LogP contribution in [0.4, 0.5) is 0 Å². The van der Waals surface area contributed by atoms with E-state index in [9.17, 15) is 9.90 Å². The van der Waals surface area contributed by atoms with Crippen LogP contribution in [-0.2, 0) is 17.6 Å². The molecule has 20 heavy (non-hydrogen) atoms. The van der Waals surface area contributed by atoms with Gasteiger partial charge in [-0.2, -0.15) is 0 Å². The molecule has 0 bridgehead atoms. The molecule has 5 heteroatoms. The van der Waals surface area contributed by atoms with Gasteiger partial charge in [-0.3, -0.25) is 4.79 Å². The van der Waals surface area contributed by atoms with Gasteiger partial charge in [-0.1, -0.05) is 12.1 Å². The average Bonchev–Trinajstić information content (AvgIpc) is 3.07. The Morgan fingerprint density at radius 1 is 1.50 bits per heavy atom. The number of nitrogens with one attached hydrogen (secondary N) is 1. The molecule has 2 N–H and O–H groups in total. The van der Waals surface area contributed by atoms with E-state index in [1.54, 1.807) is 22.9 Å². The van der Waals surface area contributed by atoms with Crippen molar-refractivity contribution >= 4 is 17.2 Å². The summed E-state index contributed by atoms with van der Waals surface area (Å²) in [5, 5.41) is 14.8. The molecule has 0 radical (unpaired) electrons. The van der Waals surface area contributed by atoms with Crippen LogP contribution in [0.3, 0.4) is 0 Å². The minimum atomic E-state index is 0.0278. The highest BCUT2D eigenvalue weighted by molar-refractivity contribution is 7.07. The molecule has 4 nitrogen and oxygen atoms in total. The fraction of sp³-hybridized carbons (Fsp3) is 0.333. The Hall–Kier alpha value is -1.88. The van der Waals surface area contributed by atoms with E-state index >= 15 is 0 Å². The van der Waals surface area contributed by atoms with Gasteiger partial charge in [0.15, 0.2) is 0 Å². The van der Waals surface area contributed by atoms with Gasteiger partial charge in [-0.25, -0.2) is 4.98 Å². The molecule has 0 unspecified atom stereocenters. The van der Waals surface area contributed by atoms with Gasteiger partial charge in [-0.05, 0) is 36.5 Å². The Balaban J connectivity index is 1.60. The maximum atomic E-state index is 12.0. The van der Waals surface area contributed by atoms with E-state index in [-0.39, 0.29) is 11.9 Å². The van der Waals surface area contributed by atoms with Crippen LogP contribution in [0.15, 0.2) is 29.1 Å². The topological polar surface area (TPSA) is 62.2 Å². The lowest BCUT2D eigenvalue weighted by Crippen LogP contribution is -2.27. The molecule has 104 valence electrons. The van der Waals surface area contributed by atoms with Gasteiger partial charge in [0.1, 0.15) is 5.75 Å².